The summed E-state index contributed by atoms with van der Waals surface area (Å²) in [7, 11) is 0. The molecule has 2 N–H and O–H groups in total. The summed E-state index contributed by atoms with van der Waals surface area (Å²) in [5, 5.41) is 12.5. The molecule has 5 nitrogen and oxygen atoms in total. The number of carboxylic acid groups (broad SMARTS) is 1. The lowest BCUT2D eigenvalue weighted by atomic mass is 9.84. The average Bonchev–Trinajstić information content (AvgIpc) is 2.77. The number of aryl methyl sites for hydroxylation is 1. The zero-order chi connectivity index (χ0) is 12.3. The van der Waals surface area contributed by atoms with Crippen molar-refractivity contribution in [1.82, 2.24) is 9.55 Å². The maximum Gasteiger partial charge on any atom is 0.308 e. The first-order valence-corrected chi connectivity index (χ1v) is 6.23. The molecule has 1 fully saturated rings. The van der Waals surface area contributed by atoms with Gasteiger partial charge in [0.1, 0.15) is 0 Å². The van der Waals surface area contributed by atoms with Gasteiger partial charge >= 0.3 is 5.97 Å². The van der Waals surface area contributed by atoms with E-state index in [0.29, 0.717) is 0 Å². The monoisotopic (exact) mass is 237 g/mol. The number of aliphatic carboxylic acids is 1. The van der Waals surface area contributed by atoms with Gasteiger partial charge in [-0.15, -0.1) is 0 Å². The molecule has 1 aromatic heterocycles. The second-order valence-corrected chi connectivity index (χ2v) is 4.52. The Hall–Kier alpha value is -1.52. The predicted molar refractivity (Wildman–Crippen MR) is 64.9 cm³/mol. The van der Waals surface area contributed by atoms with Crippen LogP contribution in [0.4, 0.5) is 5.95 Å². The first-order chi connectivity index (χ1) is 8.22. The highest BCUT2D eigenvalue weighted by Crippen LogP contribution is 2.27. The number of imidazole rings is 1. The molecule has 2 rings (SSSR count). The molecule has 2 atom stereocenters. The molecule has 1 heterocycles. The summed E-state index contributed by atoms with van der Waals surface area (Å²) in [4.78, 5) is 15.4. The van der Waals surface area contributed by atoms with Crippen molar-refractivity contribution < 1.29 is 9.90 Å². The molecule has 0 radical (unpaired) electrons. The van der Waals surface area contributed by atoms with Crippen LogP contribution in [0.15, 0.2) is 12.4 Å². The fraction of sp³-hybridized carbons (Fsp3) is 0.667. The summed E-state index contributed by atoms with van der Waals surface area (Å²) in [5.41, 5.74) is 0. The molecule has 0 aromatic carbocycles. The Morgan fingerprint density at radius 3 is 3.06 bits per heavy atom. The van der Waals surface area contributed by atoms with E-state index in [4.69, 9.17) is 0 Å². The van der Waals surface area contributed by atoms with E-state index in [1.165, 1.54) is 0 Å². The Bertz CT molecular complexity index is 389. The van der Waals surface area contributed by atoms with Gasteiger partial charge in [0.25, 0.3) is 0 Å². The number of carbonyl (C=O) groups is 1. The smallest absolute Gasteiger partial charge is 0.308 e. The summed E-state index contributed by atoms with van der Waals surface area (Å²) in [6.07, 6.45) is 7.42. The second kappa shape index (κ2) is 5.21. The molecule has 94 valence electrons. The van der Waals surface area contributed by atoms with Gasteiger partial charge in [0.05, 0.1) is 5.92 Å². The third kappa shape index (κ3) is 2.60. The van der Waals surface area contributed by atoms with Gasteiger partial charge in [0, 0.05) is 25.0 Å². The van der Waals surface area contributed by atoms with Crippen molar-refractivity contribution in [3.05, 3.63) is 12.4 Å². The van der Waals surface area contributed by atoms with E-state index in [-0.39, 0.29) is 12.0 Å². The SMILES string of the molecule is CCn1ccnc1NC1CCCCC1C(=O)O. The van der Waals surface area contributed by atoms with Crippen LogP contribution >= 0.6 is 0 Å². The highest BCUT2D eigenvalue weighted by Gasteiger charge is 2.31. The fourth-order valence-corrected chi connectivity index (χ4v) is 2.47. The lowest BCUT2D eigenvalue weighted by Gasteiger charge is -2.29. The largest absolute Gasteiger partial charge is 0.481 e. The molecule has 0 bridgehead atoms. The number of hydrogen-bond acceptors (Lipinski definition) is 3. The van der Waals surface area contributed by atoms with Crippen molar-refractivity contribution in [2.24, 2.45) is 5.92 Å². The Morgan fingerprint density at radius 1 is 1.59 bits per heavy atom. The summed E-state index contributed by atoms with van der Waals surface area (Å²) in [6, 6.07) is 0.00829. The topological polar surface area (TPSA) is 67.2 Å². The van der Waals surface area contributed by atoms with Gasteiger partial charge in [-0.2, -0.15) is 0 Å². The van der Waals surface area contributed by atoms with E-state index in [1.807, 2.05) is 17.7 Å². The van der Waals surface area contributed by atoms with Gasteiger partial charge in [-0.1, -0.05) is 12.8 Å². The van der Waals surface area contributed by atoms with Crippen LogP contribution in [0.25, 0.3) is 0 Å². The molecule has 0 amide bonds. The van der Waals surface area contributed by atoms with Crippen LogP contribution in [-0.2, 0) is 11.3 Å². The van der Waals surface area contributed by atoms with E-state index < -0.39 is 5.97 Å². The summed E-state index contributed by atoms with van der Waals surface area (Å²) < 4.78 is 1.99. The van der Waals surface area contributed by atoms with E-state index in [0.717, 1.165) is 38.2 Å². The fourth-order valence-electron chi connectivity index (χ4n) is 2.47. The van der Waals surface area contributed by atoms with Gasteiger partial charge in [-0.25, -0.2) is 4.98 Å². The quantitative estimate of drug-likeness (QED) is 0.840. The maximum atomic E-state index is 11.2. The number of nitrogens with one attached hydrogen (secondary N) is 1. The minimum absolute atomic E-state index is 0.00829. The lowest BCUT2D eigenvalue weighted by Crippen LogP contribution is -2.37. The van der Waals surface area contributed by atoms with Gasteiger partial charge in [0.15, 0.2) is 0 Å². The number of rotatable bonds is 4. The van der Waals surface area contributed by atoms with Crippen molar-refractivity contribution in [3.8, 4) is 0 Å². The minimum Gasteiger partial charge on any atom is -0.481 e. The molecule has 1 aromatic rings. The number of carboxylic acids is 1. The molecule has 1 aliphatic carbocycles. The summed E-state index contributed by atoms with van der Waals surface area (Å²) >= 11 is 0. The third-order valence-corrected chi connectivity index (χ3v) is 3.45. The summed E-state index contributed by atoms with van der Waals surface area (Å²) in [5.74, 6) is -0.201. The molecule has 1 aliphatic rings. The number of aromatic nitrogens is 2. The van der Waals surface area contributed by atoms with Crippen LogP contribution in [0.5, 0.6) is 0 Å². The summed E-state index contributed by atoms with van der Waals surface area (Å²) in [6.45, 7) is 2.88. The minimum atomic E-state index is -0.697. The zero-order valence-electron chi connectivity index (χ0n) is 10.1. The first kappa shape index (κ1) is 12.0. The molecular formula is C12H19N3O2. The highest BCUT2D eigenvalue weighted by atomic mass is 16.4. The zero-order valence-corrected chi connectivity index (χ0v) is 10.1. The van der Waals surface area contributed by atoms with Crippen molar-refractivity contribution >= 4 is 11.9 Å². The molecule has 5 heteroatoms. The Labute approximate surface area is 101 Å². The van der Waals surface area contributed by atoms with Crippen molar-refractivity contribution in [3.63, 3.8) is 0 Å². The van der Waals surface area contributed by atoms with Crippen molar-refractivity contribution in [1.29, 1.82) is 0 Å². The number of hydrogen-bond donors (Lipinski definition) is 2. The van der Waals surface area contributed by atoms with Crippen LogP contribution < -0.4 is 5.32 Å². The second-order valence-electron chi connectivity index (χ2n) is 4.52. The van der Waals surface area contributed by atoms with Crippen LogP contribution in [-0.4, -0.2) is 26.7 Å². The van der Waals surface area contributed by atoms with Gasteiger partial charge in [0.2, 0.25) is 5.95 Å². The third-order valence-electron chi connectivity index (χ3n) is 3.45. The van der Waals surface area contributed by atoms with Gasteiger partial charge in [-0.3, -0.25) is 4.79 Å². The Balaban J connectivity index is 2.08. The standard InChI is InChI=1S/C12H19N3O2/c1-2-15-8-7-13-12(15)14-10-6-4-3-5-9(10)11(16)17/h7-10H,2-6H2,1H3,(H,13,14)(H,16,17). The Morgan fingerprint density at radius 2 is 2.35 bits per heavy atom. The highest BCUT2D eigenvalue weighted by molar-refractivity contribution is 5.71. The predicted octanol–water partition coefficient (Wildman–Crippen LogP) is 1.96. The van der Waals surface area contributed by atoms with Crippen molar-refractivity contribution in [2.75, 3.05) is 5.32 Å². The van der Waals surface area contributed by atoms with E-state index in [2.05, 4.69) is 10.3 Å². The van der Waals surface area contributed by atoms with Gasteiger partial charge in [-0.05, 0) is 19.8 Å². The number of nitrogens with zero attached hydrogens (tertiary/aromatic N) is 2. The molecule has 0 saturated heterocycles. The van der Waals surface area contributed by atoms with E-state index in [1.54, 1.807) is 6.20 Å². The van der Waals surface area contributed by atoms with Crippen LogP contribution in [0, 0.1) is 5.92 Å². The van der Waals surface area contributed by atoms with Crippen LogP contribution in [0.2, 0.25) is 0 Å². The molecular weight excluding hydrogens is 218 g/mol. The average molecular weight is 237 g/mol. The molecule has 1 saturated carbocycles. The normalized spacial score (nSPS) is 24.5. The molecule has 17 heavy (non-hydrogen) atoms. The maximum absolute atomic E-state index is 11.2. The molecule has 0 aliphatic heterocycles. The van der Waals surface area contributed by atoms with Crippen molar-refractivity contribution in [2.45, 2.75) is 45.2 Å². The molecule has 2 unspecified atom stereocenters. The van der Waals surface area contributed by atoms with Crippen LogP contribution in [0.1, 0.15) is 32.6 Å². The number of anilines is 1. The first-order valence-electron chi connectivity index (χ1n) is 6.23. The molecule has 0 spiro atoms. The van der Waals surface area contributed by atoms with Gasteiger partial charge < -0.3 is 15.0 Å². The van der Waals surface area contributed by atoms with E-state index in [9.17, 15) is 9.90 Å². The lowest BCUT2D eigenvalue weighted by molar-refractivity contribution is -0.143. The Kier molecular flexibility index (Phi) is 3.66. The van der Waals surface area contributed by atoms with E-state index >= 15 is 0 Å². The van der Waals surface area contributed by atoms with Crippen LogP contribution in [0.3, 0.4) is 0 Å².